The van der Waals surface area contributed by atoms with Gasteiger partial charge in [-0.2, -0.15) is 4.98 Å². The van der Waals surface area contributed by atoms with Crippen LogP contribution < -0.4 is 13.6 Å². The third kappa shape index (κ3) is 7.68. The maximum Gasteiger partial charge on any atom is 0.305 e. The van der Waals surface area contributed by atoms with Gasteiger partial charge in [0.2, 0.25) is 22.5 Å². The van der Waals surface area contributed by atoms with E-state index >= 15 is 0 Å². The summed E-state index contributed by atoms with van der Waals surface area (Å²) in [7, 11) is -3.68. The Labute approximate surface area is 191 Å². The van der Waals surface area contributed by atoms with Gasteiger partial charge in [-0.1, -0.05) is 29.8 Å². The van der Waals surface area contributed by atoms with Crippen LogP contribution in [0.25, 0.3) is 0 Å². The Bertz CT molecular complexity index is 1050. The summed E-state index contributed by atoms with van der Waals surface area (Å²) in [4.78, 5) is 9.05. The summed E-state index contributed by atoms with van der Waals surface area (Å²) < 4.78 is 18.2. The maximum atomic E-state index is 6.28. The molecule has 164 valence electrons. The Kier molecular flexibility index (Phi) is 7.08. The van der Waals surface area contributed by atoms with E-state index in [0.717, 1.165) is 16.9 Å². The number of rotatable bonds is 8. The Morgan fingerprint density at radius 3 is 2.13 bits per heavy atom. The van der Waals surface area contributed by atoms with Crippen LogP contribution in [0.15, 0.2) is 54.7 Å². The molecule has 2 aromatic carbocycles. The van der Waals surface area contributed by atoms with Crippen LogP contribution in [0.4, 0.5) is 0 Å². The Morgan fingerprint density at radius 1 is 0.839 bits per heavy atom. The van der Waals surface area contributed by atoms with E-state index in [2.05, 4.69) is 55.3 Å². The van der Waals surface area contributed by atoms with Crippen LogP contribution in [0.2, 0.25) is 44.3 Å². The Balaban J connectivity index is 1.85. The summed E-state index contributed by atoms with van der Waals surface area (Å²) in [5.41, 5.74) is 1.99. The lowest BCUT2D eigenvalue weighted by Gasteiger charge is -2.22. The zero-order valence-corrected chi connectivity index (χ0v) is 21.7. The zero-order chi connectivity index (χ0) is 22.6. The summed E-state index contributed by atoms with van der Waals surface area (Å²) in [6, 6.07) is 15.7. The Hall–Kier alpha value is -2.36. The summed E-state index contributed by atoms with van der Waals surface area (Å²) in [6.45, 7) is 12.7. The van der Waals surface area contributed by atoms with E-state index in [9.17, 15) is 0 Å². The van der Waals surface area contributed by atoms with Gasteiger partial charge in [-0.05, 0) is 75.2 Å². The molecular weight excluding hydrogens is 444 g/mol. The van der Waals surface area contributed by atoms with E-state index in [-0.39, 0.29) is 0 Å². The smallest absolute Gasteiger partial charge is 0.305 e. The molecule has 3 rings (SSSR count). The van der Waals surface area contributed by atoms with Gasteiger partial charge in [-0.3, -0.25) is 0 Å². The number of hydrogen-bond donors (Lipinski definition) is 0. The minimum absolute atomic E-state index is 0.384. The van der Waals surface area contributed by atoms with Crippen molar-refractivity contribution in [2.75, 3.05) is 0 Å². The third-order valence-electron chi connectivity index (χ3n) is 3.93. The van der Waals surface area contributed by atoms with Crippen LogP contribution in [0.1, 0.15) is 11.1 Å². The van der Waals surface area contributed by atoms with Crippen molar-refractivity contribution in [3.05, 3.63) is 70.9 Å². The van der Waals surface area contributed by atoms with Crippen LogP contribution in [0, 0.1) is 0 Å². The van der Waals surface area contributed by atoms with Crippen molar-refractivity contribution in [2.24, 2.45) is 0 Å². The quantitative estimate of drug-likeness (QED) is 0.332. The van der Waals surface area contributed by atoms with E-state index in [1.54, 1.807) is 6.07 Å². The number of aromatic nitrogens is 2. The number of hydrogen-bond acceptors (Lipinski definition) is 5. The molecule has 0 N–H and O–H groups in total. The third-order valence-corrected chi connectivity index (χ3v) is 5.76. The van der Waals surface area contributed by atoms with Crippen molar-refractivity contribution < 1.29 is 13.6 Å². The first-order chi connectivity index (χ1) is 14.5. The lowest BCUT2D eigenvalue weighted by atomic mass is 10.1. The highest BCUT2D eigenvalue weighted by atomic mass is 35.5. The molecule has 0 atom stereocenters. The molecule has 0 saturated heterocycles. The predicted molar refractivity (Wildman–Crippen MR) is 131 cm³/mol. The molecule has 31 heavy (non-hydrogen) atoms. The van der Waals surface area contributed by atoms with Gasteiger partial charge < -0.3 is 13.6 Å². The van der Waals surface area contributed by atoms with Gasteiger partial charge in [-0.15, -0.1) is 0 Å². The molecule has 0 radical (unpaired) electrons. The molecule has 1 aromatic heterocycles. The van der Waals surface area contributed by atoms with Crippen molar-refractivity contribution >= 4 is 28.2 Å². The number of nitrogens with zero attached hydrogens (tertiary/aromatic N) is 2. The SMILES string of the molecule is C[Si](C)(C)Oc1ncc(Cc2cccc(Oc3cccc(Cl)c3)c2)c(O[Si](C)(C)C)n1. The fourth-order valence-electron chi connectivity index (χ4n) is 2.80. The summed E-state index contributed by atoms with van der Waals surface area (Å²) in [5.74, 6) is 2.04. The molecule has 0 fully saturated rings. The average Bonchev–Trinajstić information content (AvgIpc) is 2.62. The molecule has 0 unspecified atom stereocenters. The topological polar surface area (TPSA) is 53.5 Å². The molecule has 0 aliphatic heterocycles. The molecule has 0 aliphatic rings. The molecule has 0 amide bonds. The molecule has 3 aromatic rings. The van der Waals surface area contributed by atoms with Crippen LogP contribution in [0.3, 0.4) is 0 Å². The molecular formula is C23H29ClN2O3Si2. The maximum absolute atomic E-state index is 6.28. The van der Waals surface area contributed by atoms with Gasteiger partial charge in [0.25, 0.3) is 0 Å². The van der Waals surface area contributed by atoms with Crippen molar-refractivity contribution in [2.45, 2.75) is 45.7 Å². The molecule has 0 saturated carbocycles. The molecule has 0 aliphatic carbocycles. The monoisotopic (exact) mass is 472 g/mol. The second kappa shape index (κ2) is 9.42. The minimum Gasteiger partial charge on any atom is -0.531 e. The van der Waals surface area contributed by atoms with Gasteiger partial charge in [0.1, 0.15) is 11.5 Å². The summed E-state index contributed by atoms with van der Waals surface area (Å²) in [6.07, 6.45) is 2.43. The van der Waals surface area contributed by atoms with Crippen molar-refractivity contribution in [3.8, 4) is 23.4 Å². The van der Waals surface area contributed by atoms with Crippen molar-refractivity contribution in [1.82, 2.24) is 9.97 Å². The molecule has 0 spiro atoms. The van der Waals surface area contributed by atoms with Gasteiger partial charge in [0, 0.05) is 23.2 Å². The second-order valence-corrected chi connectivity index (χ2v) is 18.6. The first-order valence-corrected chi connectivity index (χ1v) is 17.4. The van der Waals surface area contributed by atoms with Crippen LogP contribution >= 0.6 is 11.6 Å². The number of ether oxygens (including phenoxy) is 1. The van der Waals surface area contributed by atoms with Crippen LogP contribution in [-0.2, 0) is 6.42 Å². The number of halogens is 1. The molecule has 8 heteroatoms. The normalized spacial score (nSPS) is 11.8. The lowest BCUT2D eigenvalue weighted by Crippen LogP contribution is -2.32. The van der Waals surface area contributed by atoms with Gasteiger partial charge in [0.05, 0.1) is 0 Å². The largest absolute Gasteiger partial charge is 0.531 e. The van der Waals surface area contributed by atoms with E-state index in [1.807, 2.05) is 42.6 Å². The van der Waals surface area contributed by atoms with E-state index in [1.165, 1.54) is 0 Å². The fourth-order valence-corrected chi connectivity index (χ4v) is 4.39. The standard InChI is InChI=1S/C23H29ClN2O3Si2/c1-30(2,3)28-22-18(16-25-23(26-22)29-31(4,5)6)13-17-9-7-11-20(14-17)27-21-12-8-10-19(24)15-21/h7-12,14-16H,13H2,1-6H3. The zero-order valence-electron chi connectivity index (χ0n) is 18.9. The summed E-state index contributed by atoms with van der Waals surface area (Å²) in [5, 5.41) is 0.638. The predicted octanol–water partition coefficient (Wildman–Crippen LogP) is 6.94. The van der Waals surface area contributed by atoms with E-state index < -0.39 is 16.6 Å². The van der Waals surface area contributed by atoms with Crippen LogP contribution in [-0.4, -0.2) is 26.6 Å². The average molecular weight is 473 g/mol. The second-order valence-electron chi connectivity index (χ2n) is 9.30. The van der Waals surface area contributed by atoms with Crippen molar-refractivity contribution in [1.29, 1.82) is 0 Å². The summed E-state index contributed by atoms with van der Waals surface area (Å²) >= 11 is 6.06. The minimum atomic E-state index is -1.87. The van der Waals surface area contributed by atoms with E-state index in [4.69, 9.17) is 25.2 Å². The number of benzene rings is 2. The first-order valence-electron chi connectivity index (χ1n) is 10.2. The fraction of sp³-hybridized carbons (Fsp3) is 0.304. The first kappa shape index (κ1) is 23.3. The molecule has 5 nitrogen and oxygen atoms in total. The van der Waals surface area contributed by atoms with Gasteiger partial charge in [0.15, 0.2) is 0 Å². The highest BCUT2D eigenvalue weighted by Gasteiger charge is 2.23. The van der Waals surface area contributed by atoms with Crippen molar-refractivity contribution in [3.63, 3.8) is 0 Å². The Morgan fingerprint density at radius 2 is 1.48 bits per heavy atom. The lowest BCUT2D eigenvalue weighted by molar-refractivity contribution is 0.470. The van der Waals surface area contributed by atoms with Gasteiger partial charge in [-0.25, -0.2) is 4.98 Å². The van der Waals surface area contributed by atoms with Crippen LogP contribution in [0.5, 0.6) is 23.4 Å². The van der Waals surface area contributed by atoms with E-state index in [0.29, 0.717) is 29.1 Å². The molecule has 1 heterocycles. The highest BCUT2D eigenvalue weighted by Crippen LogP contribution is 2.28. The molecule has 0 bridgehead atoms. The highest BCUT2D eigenvalue weighted by molar-refractivity contribution is 6.70. The van der Waals surface area contributed by atoms with Gasteiger partial charge >= 0.3 is 6.01 Å².